The third-order valence-electron chi connectivity index (χ3n) is 3.69. The van der Waals surface area contributed by atoms with Crippen LogP contribution >= 0.6 is 0 Å². The van der Waals surface area contributed by atoms with Crippen molar-refractivity contribution in [1.29, 1.82) is 0 Å². The molecule has 0 bridgehead atoms. The Morgan fingerprint density at radius 3 is 2.90 bits per heavy atom. The van der Waals surface area contributed by atoms with Gasteiger partial charge in [0.2, 0.25) is 0 Å². The van der Waals surface area contributed by atoms with Gasteiger partial charge in [-0.1, -0.05) is 18.2 Å². The molecule has 104 valence electrons. The minimum Gasteiger partial charge on any atom is -0.488 e. The maximum Gasteiger partial charge on any atom is 0.123 e. The summed E-state index contributed by atoms with van der Waals surface area (Å²) in [6, 6.07) is 8.41. The smallest absolute Gasteiger partial charge is 0.123 e. The van der Waals surface area contributed by atoms with Gasteiger partial charge in [-0.3, -0.25) is 9.97 Å². The van der Waals surface area contributed by atoms with Crippen molar-refractivity contribution < 1.29 is 4.74 Å². The molecule has 20 heavy (non-hydrogen) atoms. The van der Waals surface area contributed by atoms with Crippen LogP contribution in [-0.4, -0.2) is 22.6 Å². The number of benzene rings is 1. The van der Waals surface area contributed by atoms with E-state index < -0.39 is 0 Å². The molecule has 3 rings (SSSR count). The van der Waals surface area contributed by atoms with Gasteiger partial charge in [0.1, 0.15) is 11.9 Å². The topological polar surface area (TPSA) is 47.0 Å². The second kappa shape index (κ2) is 5.59. The third-order valence-corrected chi connectivity index (χ3v) is 3.69. The van der Waals surface area contributed by atoms with Gasteiger partial charge in [-0.15, -0.1) is 0 Å². The van der Waals surface area contributed by atoms with E-state index in [0.29, 0.717) is 0 Å². The molecule has 0 aliphatic carbocycles. The molecule has 0 fully saturated rings. The first-order chi connectivity index (χ1) is 9.74. The number of aromatic nitrogens is 2. The fourth-order valence-corrected chi connectivity index (χ4v) is 2.62. The van der Waals surface area contributed by atoms with Crippen molar-refractivity contribution in [3.63, 3.8) is 0 Å². The number of rotatable bonds is 4. The SMILES string of the molecule is Cc1nccnc1C(C)NCC1Cc2ccccc2O1. The fourth-order valence-electron chi connectivity index (χ4n) is 2.62. The average molecular weight is 269 g/mol. The molecule has 1 aliphatic heterocycles. The molecular formula is C16H19N3O. The maximum atomic E-state index is 5.92. The van der Waals surface area contributed by atoms with Gasteiger partial charge in [-0.2, -0.15) is 0 Å². The Balaban J connectivity index is 1.58. The summed E-state index contributed by atoms with van der Waals surface area (Å²) in [4.78, 5) is 8.68. The van der Waals surface area contributed by atoms with Crippen LogP contribution in [0.4, 0.5) is 0 Å². The molecule has 0 spiro atoms. The van der Waals surface area contributed by atoms with Crippen LogP contribution in [-0.2, 0) is 6.42 Å². The van der Waals surface area contributed by atoms with Crippen LogP contribution in [0.5, 0.6) is 5.75 Å². The molecule has 2 heterocycles. The molecule has 2 unspecified atom stereocenters. The van der Waals surface area contributed by atoms with Crippen LogP contribution in [0.15, 0.2) is 36.7 Å². The average Bonchev–Trinajstić information content (AvgIpc) is 2.88. The second-order valence-corrected chi connectivity index (χ2v) is 5.21. The highest BCUT2D eigenvalue weighted by molar-refractivity contribution is 5.37. The molecule has 0 radical (unpaired) electrons. The maximum absolute atomic E-state index is 5.92. The van der Waals surface area contributed by atoms with E-state index in [0.717, 1.165) is 30.1 Å². The Morgan fingerprint density at radius 1 is 1.30 bits per heavy atom. The molecule has 2 atom stereocenters. The van der Waals surface area contributed by atoms with Crippen LogP contribution in [0.3, 0.4) is 0 Å². The molecule has 1 aliphatic rings. The lowest BCUT2D eigenvalue weighted by Crippen LogP contribution is -2.32. The van der Waals surface area contributed by atoms with E-state index in [2.05, 4.69) is 34.3 Å². The minimum absolute atomic E-state index is 0.177. The van der Waals surface area contributed by atoms with Crippen molar-refractivity contribution in [1.82, 2.24) is 15.3 Å². The molecule has 1 aromatic carbocycles. The van der Waals surface area contributed by atoms with Crippen molar-refractivity contribution in [3.05, 3.63) is 53.6 Å². The highest BCUT2D eigenvalue weighted by Crippen LogP contribution is 2.28. The summed E-state index contributed by atoms with van der Waals surface area (Å²) in [7, 11) is 0. The van der Waals surface area contributed by atoms with E-state index in [4.69, 9.17) is 4.74 Å². The van der Waals surface area contributed by atoms with Crippen LogP contribution in [0.2, 0.25) is 0 Å². The van der Waals surface area contributed by atoms with Crippen molar-refractivity contribution in [2.75, 3.05) is 6.54 Å². The van der Waals surface area contributed by atoms with E-state index in [1.807, 2.05) is 19.1 Å². The first kappa shape index (κ1) is 13.1. The largest absolute Gasteiger partial charge is 0.488 e. The third kappa shape index (κ3) is 2.65. The zero-order valence-electron chi connectivity index (χ0n) is 11.8. The number of nitrogens with one attached hydrogen (secondary N) is 1. The molecule has 4 nitrogen and oxygen atoms in total. The summed E-state index contributed by atoms with van der Waals surface area (Å²) in [5.74, 6) is 1.02. The zero-order valence-corrected chi connectivity index (χ0v) is 11.8. The highest BCUT2D eigenvalue weighted by atomic mass is 16.5. The zero-order chi connectivity index (χ0) is 13.9. The Hall–Kier alpha value is -1.94. The van der Waals surface area contributed by atoms with Crippen LogP contribution < -0.4 is 10.1 Å². The molecule has 2 aromatic rings. The number of nitrogens with zero attached hydrogens (tertiary/aromatic N) is 2. The van der Waals surface area contributed by atoms with Crippen molar-refractivity contribution in [3.8, 4) is 5.75 Å². The van der Waals surface area contributed by atoms with E-state index in [-0.39, 0.29) is 12.1 Å². The predicted molar refractivity (Wildman–Crippen MR) is 77.7 cm³/mol. The van der Waals surface area contributed by atoms with Crippen LogP contribution in [0.1, 0.15) is 29.9 Å². The predicted octanol–water partition coefficient (Wildman–Crippen LogP) is 2.44. The minimum atomic E-state index is 0.177. The number of hydrogen-bond donors (Lipinski definition) is 1. The molecule has 1 N–H and O–H groups in total. The molecule has 0 saturated carbocycles. The van der Waals surface area contributed by atoms with E-state index in [1.165, 1.54) is 5.56 Å². The van der Waals surface area contributed by atoms with Crippen molar-refractivity contribution >= 4 is 0 Å². The first-order valence-electron chi connectivity index (χ1n) is 6.99. The van der Waals surface area contributed by atoms with Crippen LogP contribution in [0.25, 0.3) is 0 Å². The van der Waals surface area contributed by atoms with E-state index >= 15 is 0 Å². The number of ether oxygens (including phenoxy) is 1. The van der Waals surface area contributed by atoms with Gasteiger partial charge in [0.05, 0.1) is 11.4 Å². The van der Waals surface area contributed by atoms with Crippen molar-refractivity contribution in [2.45, 2.75) is 32.4 Å². The Kier molecular flexibility index (Phi) is 3.65. The summed E-state index contributed by atoms with van der Waals surface area (Å²) < 4.78 is 5.92. The van der Waals surface area contributed by atoms with Gasteiger partial charge in [0, 0.05) is 31.4 Å². The Bertz CT molecular complexity index is 575. The normalized spacial score (nSPS) is 18.4. The fraction of sp³-hybridized carbons (Fsp3) is 0.375. The summed E-state index contributed by atoms with van der Waals surface area (Å²) in [6.07, 6.45) is 4.63. The van der Waals surface area contributed by atoms with E-state index in [9.17, 15) is 0 Å². The van der Waals surface area contributed by atoms with Gasteiger partial charge < -0.3 is 10.1 Å². The number of para-hydroxylation sites is 1. The highest BCUT2D eigenvalue weighted by Gasteiger charge is 2.23. The van der Waals surface area contributed by atoms with Crippen molar-refractivity contribution in [2.24, 2.45) is 0 Å². The molecule has 1 aromatic heterocycles. The van der Waals surface area contributed by atoms with Gasteiger partial charge in [-0.25, -0.2) is 0 Å². The summed E-state index contributed by atoms with van der Waals surface area (Å²) in [6.45, 7) is 4.91. The number of hydrogen-bond acceptors (Lipinski definition) is 4. The summed E-state index contributed by atoms with van der Waals surface area (Å²) in [5, 5.41) is 3.49. The molecule has 4 heteroatoms. The first-order valence-corrected chi connectivity index (χ1v) is 6.99. The lowest BCUT2D eigenvalue weighted by molar-refractivity contribution is 0.222. The molecular weight excluding hydrogens is 250 g/mol. The number of fused-ring (bicyclic) bond motifs is 1. The van der Waals surface area contributed by atoms with Gasteiger partial charge in [0.25, 0.3) is 0 Å². The summed E-state index contributed by atoms with van der Waals surface area (Å²) >= 11 is 0. The van der Waals surface area contributed by atoms with Gasteiger partial charge in [0.15, 0.2) is 0 Å². The molecule has 0 saturated heterocycles. The van der Waals surface area contributed by atoms with E-state index in [1.54, 1.807) is 12.4 Å². The monoisotopic (exact) mass is 269 g/mol. The van der Waals surface area contributed by atoms with Crippen LogP contribution in [0, 0.1) is 6.92 Å². The Morgan fingerprint density at radius 2 is 2.10 bits per heavy atom. The quantitative estimate of drug-likeness (QED) is 0.926. The van der Waals surface area contributed by atoms with Gasteiger partial charge in [-0.05, 0) is 25.5 Å². The lowest BCUT2D eigenvalue weighted by Gasteiger charge is -2.17. The van der Waals surface area contributed by atoms with Gasteiger partial charge >= 0.3 is 0 Å². The Labute approximate surface area is 119 Å². The molecule has 0 amide bonds. The number of aryl methyl sites for hydroxylation is 1. The standard InChI is InChI=1S/C16H19N3O/c1-11-16(18-8-7-17-11)12(2)19-10-14-9-13-5-3-4-6-15(13)20-14/h3-8,12,14,19H,9-10H2,1-2H3. The second-order valence-electron chi connectivity index (χ2n) is 5.21. The summed E-state index contributed by atoms with van der Waals surface area (Å²) in [5.41, 5.74) is 3.27. The lowest BCUT2D eigenvalue weighted by atomic mass is 10.1.